The van der Waals surface area contributed by atoms with Gasteiger partial charge in [0.1, 0.15) is 51.9 Å². The molecule has 1 radical (unpaired) electrons. The Hall–Kier alpha value is -5.95. The zero-order valence-electron chi connectivity index (χ0n) is 76.9. The molecule has 0 bridgehead atoms. The van der Waals surface area contributed by atoms with Gasteiger partial charge in [0.15, 0.2) is 27.4 Å². The van der Waals surface area contributed by atoms with Crippen LogP contribution in [0.15, 0.2) is 47.6 Å². The SMILES string of the molecule is CC(C)(O)C(C)(C)O[B]C(C=NC(F)F)=CN.C[C@@H]1CN(C(=O)OC(C)(C)C)CCN1.C[C@@H]1C[C@H]1C(=O)N1CCN(C(=O)OC(C)(C)C)C[C@H]1C.C[C@@H]1C[C@H]1C(=O)N1CCN(c2cnc(C#N)c(-c3cnn(C(F)F)c3)n2)C[C@H]1C.C[C@@H]1C[C@H]1C(=O)N1CCN(c2cnc(C#N)c(Cl)n2)C[C@H]1C.C[C@@H]1C[C@H]1C(=O)O.N#Cc1ncc(Cl)nc1Cl.O=CO[O-].[CH3-].[H-].[K+].[K+].[Pd]. The number of aliphatic imine (C=N–C) groups is 1. The number of carbonyl (C=O) groups is 7. The number of hydrogen-bond donors (Lipinski definition) is 4. The monoisotopic (exact) mass is 1980 g/mol. The smallest absolute Gasteiger partial charge is 1.00 e. The Kier molecular flexibility index (Phi) is 51.5. The summed E-state index contributed by atoms with van der Waals surface area (Å²) in [6.45, 7) is 36.3. The minimum atomic E-state index is -2.79. The van der Waals surface area contributed by atoms with Gasteiger partial charge in [-0.15, -0.1) is 0 Å². The maximum Gasteiger partial charge on any atom is 1.00 e. The number of alkyl halides is 4. The van der Waals surface area contributed by atoms with Crippen LogP contribution in [-0.4, -0.2) is 262 Å². The molecule has 4 aliphatic carbocycles. The molecule has 5 N–H and O–H groups in total. The fraction of sp³-hybridized carbons (Fsp3) is 0.642. The molecule has 4 saturated carbocycles. The van der Waals surface area contributed by atoms with Crippen molar-refractivity contribution in [2.75, 3.05) is 88.3 Å². The summed E-state index contributed by atoms with van der Waals surface area (Å²) in [7, 11) is 1.18. The van der Waals surface area contributed by atoms with E-state index in [0.717, 1.165) is 63.9 Å². The van der Waals surface area contributed by atoms with Crippen molar-refractivity contribution in [2.24, 2.45) is 58.1 Å². The van der Waals surface area contributed by atoms with Crippen LogP contribution in [0.4, 0.5) is 38.8 Å². The van der Waals surface area contributed by atoms with Crippen molar-refractivity contribution in [1.29, 1.82) is 15.8 Å². The first-order chi connectivity index (χ1) is 57.4. The van der Waals surface area contributed by atoms with E-state index in [4.69, 9.17) is 80.3 Å². The third-order valence-corrected chi connectivity index (χ3v) is 21.6. The number of nitrogens with zero attached hydrogens (tertiary/aromatic N) is 19. The number of ether oxygens (including phenoxy) is 2. The molecule has 4 aromatic heterocycles. The van der Waals surface area contributed by atoms with Crippen LogP contribution in [0.1, 0.15) is 175 Å². The number of halogens is 7. The zero-order chi connectivity index (χ0) is 92.5. The van der Waals surface area contributed by atoms with Gasteiger partial charge in [-0.2, -0.15) is 38.4 Å². The van der Waals surface area contributed by atoms with Gasteiger partial charge >= 0.3 is 142 Å². The molecule has 12 rings (SSSR count). The number of amides is 5. The van der Waals surface area contributed by atoms with E-state index in [1.54, 1.807) is 49.8 Å². The molecule has 8 aliphatic rings. The van der Waals surface area contributed by atoms with Crippen molar-refractivity contribution in [3.05, 3.63) is 82.6 Å². The van der Waals surface area contributed by atoms with Crippen LogP contribution in [-0.2, 0) is 63.4 Å². The topological polar surface area (TPSA) is 460 Å². The van der Waals surface area contributed by atoms with E-state index in [2.05, 4.69) is 89.7 Å². The molecule has 0 unspecified atom stereocenters. The van der Waals surface area contributed by atoms with Crippen LogP contribution in [0.3, 0.4) is 0 Å². The summed E-state index contributed by atoms with van der Waals surface area (Å²) in [5, 5.41) is 60.2. The quantitative estimate of drug-likeness (QED) is 0.0191. The van der Waals surface area contributed by atoms with Crippen molar-refractivity contribution in [1.82, 2.24) is 69.5 Å². The summed E-state index contributed by atoms with van der Waals surface area (Å²) >= 11 is 16.8. The summed E-state index contributed by atoms with van der Waals surface area (Å²) in [6.07, 6.45) is 12.1. The van der Waals surface area contributed by atoms with Gasteiger partial charge in [0.2, 0.25) is 17.7 Å². The molecular weight excluding hydrogens is 1870 g/mol. The largest absolute Gasteiger partial charge is 1.00 e. The molecule has 5 amide bonds. The molecule has 4 aromatic rings. The van der Waals surface area contributed by atoms with Gasteiger partial charge in [-0.05, 0) is 158 Å². The minimum absolute atomic E-state index is 0. The van der Waals surface area contributed by atoms with Crippen molar-refractivity contribution in [2.45, 2.75) is 210 Å². The summed E-state index contributed by atoms with van der Waals surface area (Å²) in [5.41, 5.74) is 3.36. The van der Waals surface area contributed by atoms with Crippen LogP contribution in [0.2, 0.25) is 15.5 Å². The number of nitrogens with two attached hydrogens (primary N) is 1. The molecule has 4 aliphatic heterocycles. The van der Waals surface area contributed by atoms with Gasteiger partial charge in [0.25, 0.3) is 6.47 Å². The number of anilines is 2. The summed E-state index contributed by atoms with van der Waals surface area (Å²) in [6, 6.07) is 6.18. The van der Waals surface area contributed by atoms with E-state index >= 15 is 0 Å². The van der Waals surface area contributed by atoms with Crippen molar-refractivity contribution in [3.8, 4) is 29.5 Å². The van der Waals surface area contributed by atoms with Crippen LogP contribution in [0.25, 0.3) is 11.3 Å². The van der Waals surface area contributed by atoms with Crippen molar-refractivity contribution >= 4 is 102 Å². The van der Waals surface area contributed by atoms with Gasteiger partial charge in [0.05, 0.1) is 41.9 Å². The first-order valence-electron chi connectivity index (χ1n) is 40.1. The number of piperazine rings is 4. The summed E-state index contributed by atoms with van der Waals surface area (Å²) < 4.78 is 65.8. The zero-order valence-corrected chi connectivity index (χ0v) is 86.0. The summed E-state index contributed by atoms with van der Waals surface area (Å²) in [4.78, 5) is 122. The second-order valence-corrected chi connectivity index (χ2v) is 35.1. The maximum atomic E-state index is 12.8. The predicted molar refractivity (Wildman–Crippen MR) is 454 cm³/mol. The van der Waals surface area contributed by atoms with Crippen LogP contribution < -0.4 is 129 Å². The molecular formula is C81H117BCl3F4K2N21O14Pd-. The average Bonchev–Trinajstić information content (AvgIpc) is 1.65. The van der Waals surface area contributed by atoms with E-state index in [1.807, 2.05) is 94.1 Å². The molecule has 695 valence electrons. The van der Waals surface area contributed by atoms with Crippen LogP contribution in [0, 0.1) is 88.8 Å². The van der Waals surface area contributed by atoms with Crippen LogP contribution >= 0.6 is 34.8 Å². The maximum absolute atomic E-state index is 12.8. The van der Waals surface area contributed by atoms with E-state index < -0.39 is 41.5 Å². The number of allylic oxidation sites excluding steroid dienone is 1. The van der Waals surface area contributed by atoms with E-state index in [-0.39, 0.29) is 254 Å². The van der Waals surface area contributed by atoms with Gasteiger partial charge in [-0.1, -0.05) is 62.5 Å². The second-order valence-electron chi connectivity index (χ2n) is 34.0. The Morgan fingerprint density at radius 2 is 1.03 bits per heavy atom. The van der Waals surface area contributed by atoms with Crippen molar-refractivity contribution in [3.63, 3.8) is 0 Å². The third-order valence-electron chi connectivity index (χ3n) is 20.9. The van der Waals surface area contributed by atoms with Gasteiger partial charge in [0, 0.05) is 159 Å². The number of aliphatic carboxylic acids is 1. The first-order valence-corrected chi connectivity index (χ1v) is 41.2. The molecule has 4 saturated heterocycles. The first kappa shape index (κ1) is 119. The molecule has 46 heteroatoms. The number of carbonyl (C=O) groups excluding carboxylic acids is 6. The number of nitriles is 3. The Labute approximate surface area is 857 Å². The Bertz CT molecular complexity index is 4460. The number of carboxylic acid groups (broad SMARTS) is 1. The van der Waals surface area contributed by atoms with E-state index in [1.165, 1.54) is 26.1 Å². The third kappa shape index (κ3) is 39.4. The van der Waals surface area contributed by atoms with Crippen LogP contribution in [0.5, 0.6) is 0 Å². The molecule has 35 nitrogen and oxygen atoms in total. The molecule has 127 heavy (non-hydrogen) atoms. The minimum Gasteiger partial charge on any atom is -1.00 e. The fourth-order valence-corrected chi connectivity index (χ4v) is 13.0. The summed E-state index contributed by atoms with van der Waals surface area (Å²) in [5.74, 6) is 3.86. The number of aliphatic hydroxyl groups is 1. The van der Waals surface area contributed by atoms with E-state index in [0.29, 0.717) is 110 Å². The van der Waals surface area contributed by atoms with Gasteiger partial charge < -0.3 is 88.7 Å². The average molecular weight is 1990 g/mol. The number of nitrogens with one attached hydrogen (secondary N) is 1. The molecule has 12 atom stereocenters. The number of carboxylic acids is 1. The molecule has 8 fully saturated rings. The standard InChI is InChI=1S/C19H21F2N7O.C15H18ClN5O.C15H26N2O3.C10H18BF2N2O2.C10H20N2O2.C5HCl2N3.C5H8O2.CH2O3.CH3.2K.Pd.H/c1-11-5-14(11)18(29)27-4-3-26(9-12(27)2)16-8-23-15(6-22)17(25-16)13-7-24-28(10-13)19(20)21;1-9-5-11(9)15(22)21-4-3-20(8-10(21)2)13-7-18-12(6-17)14(16)19-13;1-10-8-12(10)13(18)17-7-6-16(9-11(17)2)14(19)20-15(3,4)5;1-9(2,16)10(3,4)17-11-7(5-14)6-15-8(12)13;1-8-7-12(6-5-11-8)9(13)14-10(2,3)4;6-4-2-9-3(1-8)5(7)10-4;1-3-2-4(3)5(6)7;2-1-4-3;;;;;/h7-8,10-12,14,19H,3-5,9H2,1-2H3;7,9-11H,3-5,8H2,1-2H3;10-12H,6-9H2,1-5H3;5-6,8,16H,14H2,1-4H3;8,11H,5-7H2,1-4H3;2H;3-4H,2H2,1H3,(H,6,7);1,3H;1H3;;;;/q;;;;;;;;-1;2*+1;;-1/p-1/t11-,12-,14-;9-,10-,11-;10-,11-,12-;;8-;;3-,4-;;;;;;/m111.1.1....../s1. The van der Waals surface area contributed by atoms with E-state index in [9.17, 15) is 56.7 Å². The number of aromatic nitrogens is 8. The molecule has 0 aromatic carbocycles. The molecule has 0 spiro atoms. The number of rotatable bonds is 15. The Morgan fingerprint density at radius 3 is 1.36 bits per heavy atom. The van der Waals surface area contributed by atoms with Crippen molar-refractivity contribution < 1.29 is 210 Å². The Balaban J connectivity index is 0.00000150. The van der Waals surface area contributed by atoms with Gasteiger partial charge in [-0.25, -0.2) is 49.2 Å². The predicted octanol–water partition coefficient (Wildman–Crippen LogP) is 3.97. The number of hydrogen-bond acceptors (Lipinski definition) is 28. The molecule has 8 heterocycles. The normalized spacial score (nSPS) is 22.5. The Morgan fingerprint density at radius 1 is 0.630 bits per heavy atom. The van der Waals surface area contributed by atoms with Gasteiger partial charge in [-0.3, -0.25) is 24.0 Å². The fourth-order valence-electron chi connectivity index (χ4n) is 12.5. The second kappa shape index (κ2) is 54.9.